The third-order valence-electron chi connectivity index (χ3n) is 2.21. The van der Waals surface area contributed by atoms with Crippen molar-refractivity contribution in [2.24, 2.45) is 0 Å². The number of thiophene rings is 1. The van der Waals surface area contributed by atoms with Crippen molar-refractivity contribution in [2.45, 2.75) is 26.3 Å². The number of hydrogen-bond acceptors (Lipinski definition) is 3. The van der Waals surface area contributed by atoms with Crippen molar-refractivity contribution in [2.75, 3.05) is 20.3 Å². The number of rotatable bonds is 6. The van der Waals surface area contributed by atoms with E-state index in [0.717, 1.165) is 19.6 Å². The Bertz CT molecular complexity index is 260. The number of hydrogen-bond donors (Lipinski definition) is 1. The van der Waals surface area contributed by atoms with Crippen molar-refractivity contribution in [1.82, 2.24) is 5.32 Å². The maximum atomic E-state index is 5.43. The Labute approximate surface area is 90.3 Å². The van der Waals surface area contributed by atoms with Crippen LogP contribution in [0.25, 0.3) is 0 Å². The monoisotopic (exact) mass is 213 g/mol. The Morgan fingerprint density at radius 3 is 2.71 bits per heavy atom. The highest BCUT2D eigenvalue weighted by atomic mass is 32.1. The lowest BCUT2D eigenvalue weighted by Gasteiger charge is -2.13. The van der Waals surface area contributed by atoms with Crippen LogP contribution in [-0.2, 0) is 11.2 Å². The fourth-order valence-corrected chi connectivity index (χ4v) is 2.36. The normalized spacial score (nSPS) is 13.1. The number of ether oxygens (including phenoxy) is 1. The van der Waals surface area contributed by atoms with E-state index < -0.39 is 0 Å². The average Bonchev–Trinajstić information content (AvgIpc) is 2.68. The molecule has 2 nitrogen and oxygen atoms in total. The van der Waals surface area contributed by atoms with Gasteiger partial charge in [-0.3, -0.25) is 0 Å². The largest absolute Gasteiger partial charge is 0.380 e. The molecule has 1 N–H and O–H groups in total. The minimum Gasteiger partial charge on any atom is -0.380 e. The van der Waals surface area contributed by atoms with Crippen LogP contribution in [0.3, 0.4) is 0 Å². The summed E-state index contributed by atoms with van der Waals surface area (Å²) >= 11 is 1.87. The molecule has 0 saturated carbocycles. The molecule has 14 heavy (non-hydrogen) atoms. The van der Waals surface area contributed by atoms with E-state index in [0.29, 0.717) is 6.04 Å². The maximum absolute atomic E-state index is 5.43. The molecule has 0 spiro atoms. The molecule has 1 atom stereocenters. The lowest BCUT2D eigenvalue weighted by atomic mass is 10.2. The zero-order valence-corrected chi connectivity index (χ0v) is 9.99. The minimum atomic E-state index is 0.347. The second-order valence-electron chi connectivity index (χ2n) is 3.16. The maximum Gasteiger partial charge on any atom is 0.0669 e. The summed E-state index contributed by atoms with van der Waals surface area (Å²) in [7, 11) is 1.98. The molecule has 80 valence electrons. The molecule has 0 saturated heterocycles. The van der Waals surface area contributed by atoms with Crippen LogP contribution < -0.4 is 5.32 Å². The fourth-order valence-electron chi connectivity index (χ4n) is 1.32. The van der Waals surface area contributed by atoms with Gasteiger partial charge in [-0.15, -0.1) is 11.3 Å². The van der Waals surface area contributed by atoms with Gasteiger partial charge < -0.3 is 10.1 Å². The van der Waals surface area contributed by atoms with Crippen molar-refractivity contribution < 1.29 is 4.74 Å². The third kappa shape index (κ3) is 3.08. The molecule has 1 heterocycles. The number of likely N-dealkylation sites (N-methyl/N-ethyl adjacent to an activating group) is 1. The lowest BCUT2D eigenvalue weighted by molar-refractivity contribution is 0.126. The Kier molecular flexibility index (Phi) is 5.15. The van der Waals surface area contributed by atoms with E-state index in [-0.39, 0.29) is 0 Å². The molecule has 0 aliphatic carbocycles. The van der Waals surface area contributed by atoms with Crippen LogP contribution in [0.2, 0.25) is 0 Å². The zero-order chi connectivity index (χ0) is 10.4. The van der Waals surface area contributed by atoms with Gasteiger partial charge in [-0.1, -0.05) is 6.92 Å². The standard InChI is InChI=1S/C11H19NOS/c1-4-9-6-7-11(14-9)10(12-3)8-13-5-2/h6-7,10,12H,4-5,8H2,1-3H3. The minimum absolute atomic E-state index is 0.347. The SMILES string of the molecule is CCOCC(NC)c1ccc(CC)s1. The number of aryl methyl sites for hydroxylation is 1. The van der Waals surface area contributed by atoms with Gasteiger partial charge in [-0.2, -0.15) is 0 Å². The molecule has 0 fully saturated rings. The smallest absolute Gasteiger partial charge is 0.0669 e. The summed E-state index contributed by atoms with van der Waals surface area (Å²) in [6.45, 7) is 5.76. The summed E-state index contributed by atoms with van der Waals surface area (Å²) in [6, 6.07) is 4.75. The second-order valence-corrected chi connectivity index (χ2v) is 4.36. The Morgan fingerprint density at radius 2 is 2.21 bits per heavy atom. The van der Waals surface area contributed by atoms with Gasteiger partial charge in [0.05, 0.1) is 12.6 Å². The van der Waals surface area contributed by atoms with Crippen molar-refractivity contribution in [3.63, 3.8) is 0 Å². The van der Waals surface area contributed by atoms with E-state index in [1.807, 2.05) is 25.3 Å². The fraction of sp³-hybridized carbons (Fsp3) is 0.636. The highest BCUT2D eigenvalue weighted by molar-refractivity contribution is 7.12. The molecule has 0 radical (unpaired) electrons. The summed E-state index contributed by atoms with van der Waals surface area (Å²) in [5, 5.41) is 3.28. The van der Waals surface area contributed by atoms with E-state index in [1.165, 1.54) is 9.75 Å². The Morgan fingerprint density at radius 1 is 1.43 bits per heavy atom. The predicted molar refractivity (Wildman–Crippen MR) is 62.0 cm³/mol. The first-order valence-electron chi connectivity index (χ1n) is 5.15. The molecule has 1 unspecified atom stereocenters. The van der Waals surface area contributed by atoms with Gasteiger partial charge in [0, 0.05) is 16.4 Å². The average molecular weight is 213 g/mol. The summed E-state index contributed by atoms with van der Waals surface area (Å²) in [5.41, 5.74) is 0. The predicted octanol–water partition coefficient (Wildman–Crippen LogP) is 2.61. The van der Waals surface area contributed by atoms with Crippen LogP contribution in [0.4, 0.5) is 0 Å². The first-order chi connectivity index (χ1) is 6.81. The van der Waals surface area contributed by atoms with Crippen LogP contribution in [0.1, 0.15) is 29.6 Å². The van der Waals surface area contributed by atoms with E-state index in [4.69, 9.17) is 4.74 Å². The van der Waals surface area contributed by atoms with Crippen molar-refractivity contribution in [3.8, 4) is 0 Å². The summed E-state index contributed by atoms with van der Waals surface area (Å²) in [6.07, 6.45) is 1.12. The van der Waals surface area contributed by atoms with Crippen LogP contribution in [-0.4, -0.2) is 20.3 Å². The van der Waals surface area contributed by atoms with Gasteiger partial charge in [0.2, 0.25) is 0 Å². The summed E-state index contributed by atoms with van der Waals surface area (Å²) in [5.74, 6) is 0. The molecular formula is C11H19NOS. The summed E-state index contributed by atoms with van der Waals surface area (Å²) < 4.78 is 5.43. The van der Waals surface area contributed by atoms with Gasteiger partial charge in [-0.05, 0) is 32.5 Å². The van der Waals surface area contributed by atoms with Crippen LogP contribution >= 0.6 is 11.3 Å². The Balaban J connectivity index is 2.58. The van der Waals surface area contributed by atoms with E-state index in [9.17, 15) is 0 Å². The summed E-state index contributed by atoms with van der Waals surface area (Å²) in [4.78, 5) is 2.81. The molecule has 1 aromatic heterocycles. The molecule has 1 aromatic rings. The van der Waals surface area contributed by atoms with Gasteiger partial charge in [0.15, 0.2) is 0 Å². The molecular weight excluding hydrogens is 194 g/mol. The first-order valence-corrected chi connectivity index (χ1v) is 5.97. The quantitative estimate of drug-likeness (QED) is 0.784. The van der Waals surface area contributed by atoms with Crippen LogP contribution in [0.5, 0.6) is 0 Å². The molecule has 0 aromatic carbocycles. The molecule has 0 bridgehead atoms. The Hall–Kier alpha value is -0.380. The third-order valence-corrected chi connectivity index (χ3v) is 3.55. The molecule has 3 heteroatoms. The lowest BCUT2D eigenvalue weighted by Crippen LogP contribution is -2.20. The van der Waals surface area contributed by atoms with Crippen LogP contribution in [0.15, 0.2) is 12.1 Å². The van der Waals surface area contributed by atoms with Crippen molar-refractivity contribution in [1.29, 1.82) is 0 Å². The van der Waals surface area contributed by atoms with Crippen LogP contribution in [0, 0.1) is 0 Å². The van der Waals surface area contributed by atoms with Crippen molar-refractivity contribution in [3.05, 3.63) is 21.9 Å². The van der Waals surface area contributed by atoms with Gasteiger partial charge >= 0.3 is 0 Å². The first kappa shape index (κ1) is 11.7. The van der Waals surface area contributed by atoms with E-state index >= 15 is 0 Å². The molecule has 1 rings (SSSR count). The van der Waals surface area contributed by atoms with Gasteiger partial charge in [0.1, 0.15) is 0 Å². The second kappa shape index (κ2) is 6.17. The number of nitrogens with one attached hydrogen (secondary N) is 1. The van der Waals surface area contributed by atoms with Gasteiger partial charge in [0.25, 0.3) is 0 Å². The van der Waals surface area contributed by atoms with Crippen molar-refractivity contribution >= 4 is 11.3 Å². The van der Waals surface area contributed by atoms with E-state index in [1.54, 1.807) is 0 Å². The topological polar surface area (TPSA) is 21.3 Å². The molecule has 0 aliphatic rings. The van der Waals surface area contributed by atoms with Gasteiger partial charge in [-0.25, -0.2) is 0 Å². The highest BCUT2D eigenvalue weighted by Gasteiger charge is 2.11. The molecule has 0 amide bonds. The van der Waals surface area contributed by atoms with E-state index in [2.05, 4.69) is 24.4 Å². The zero-order valence-electron chi connectivity index (χ0n) is 9.17. The highest BCUT2D eigenvalue weighted by Crippen LogP contribution is 2.23. The molecule has 0 aliphatic heterocycles.